The van der Waals surface area contributed by atoms with Gasteiger partial charge >= 0.3 is 6.18 Å². The predicted molar refractivity (Wildman–Crippen MR) is 69.3 cm³/mol. The maximum Gasteiger partial charge on any atom is 0.425 e. The molecule has 0 saturated carbocycles. The molecule has 0 amide bonds. The van der Waals surface area contributed by atoms with Gasteiger partial charge in [-0.3, -0.25) is 4.90 Å². The van der Waals surface area contributed by atoms with Crippen molar-refractivity contribution in [3.8, 4) is 0 Å². The molecule has 1 fully saturated rings. The fourth-order valence-electron chi connectivity index (χ4n) is 2.01. The highest BCUT2D eigenvalue weighted by Gasteiger charge is 2.32. The van der Waals surface area contributed by atoms with Crippen molar-refractivity contribution in [2.75, 3.05) is 20.1 Å². The van der Waals surface area contributed by atoms with Gasteiger partial charge in [0, 0.05) is 24.0 Å². The van der Waals surface area contributed by atoms with E-state index in [1.807, 2.05) is 7.05 Å². The highest BCUT2D eigenvalue weighted by Crippen LogP contribution is 2.35. The molecule has 1 unspecified atom stereocenters. The minimum atomic E-state index is -4.21. The number of likely N-dealkylation sites (N-methyl/N-ethyl adjacent to an activating group) is 1. The van der Waals surface area contributed by atoms with Gasteiger partial charge in [-0.2, -0.15) is 13.2 Å². The number of hydrogen-bond donors (Lipinski definition) is 1. The number of nitrogens with zero attached hydrogens (tertiary/aromatic N) is 1. The van der Waals surface area contributed by atoms with Crippen LogP contribution in [0, 0.1) is 0 Å². The van der Waals surface area contributed by atoms with Crippen LogP contribution in [0.4, 0.5) is 13.2 Å². The minimum absolute atomic E-state index is 0. The summed E-state index contributed by atoms with van der Waals surface area (Å²) in [4.78, 5) is 2.38. The van der Waals surface area contributed by atoms with E-state index in [-0.39, 0.29) is 12.4 Å². The molecule has 7 heteroatoms. The summed E-state index contributed by atoms with van der Waals surface area (Å²) in [6, 6.07) is 3.18. The lowest BCUT2D eigenvalue weighted by atomic mass is 10.2. The Kier molecular flexibility index (Phi) is 5.46. The molecule has 1 N–H and O–H groups in total. The van der Waals surface area contributed by atoms with Crippen molar-refractivity contribution in [1.82, 2.24) is 10.2 Å². The summed E-state index contributed by atoms with van der Waals surface area (Å²) in [7, 11) is 1.96. The lowest BCUT2D eigenvalue weighted by Crippen LogP contribution is -2.32. The molecule has 1 saturated heterocycles. The Morgan fingerprint density at radius 2 is 2.17 bits per heavy atom. The maximum absolute atomic E-state index is 12.4. The highest BCUT2D eigenvalue weighted by molar-refractivity contribution is 7.12. The van der Waals surface area contributed by atoms with Crippen molar-refractivity contribution in [2.45, 2.75) is 25.2 Å². The Morgan fingerprint density at radius 3 is 2.67 bits per heavy atom. The minimum Gasteiger partial charge on any atom is -0.315 e. The summed E-state index contributed by atoms with van der Waals surface area (Å²) in [5.74, 6) is 0. The zero-order valence-corrected chi connectivity index (χ0v) is 11.6. The molecule has 0 bridgehead atoms. The Labute approximate surface area is 115 Å². The number of halogens is 4. The number of nitrogens with one attached hydrogen (secondary N) is 1. The molecule has 2 heterocycles. The van der Waals surface area contributed by atoms with Crippen LogP contribution in [0.1, 0.15) is 16.2 Å². The third-order valence-corrected chi connectivity index (χ3v) is 4.12. The Morgan fingerprint density at radius 1 is 1.44 bits per heavy atom. The fraction of sp³-hybridized carbons (Fsp3) is 0.636. The molecule has 1 atom stereocenters. The van der Waals surface area contributed by atoms with Crippen molar-refractivity contribution >= 4 is 23.7 Å². The zero-order valence-electron chi connectivity index (χ0n) is 9.96. The largest absolute Gasteiger partial charge is 0.425 e. The van der Waals surface area contributed by atoms with Gasteiger partial charge in [0.25, 0.3) is 0 Å². The van der Waals surface area contributed by atoms with Gasteiger partial charge in [0.1, 0.15) is 4.88 Å². The lowest BCUT2D eigenvalue weighted by Gasteiger charge is -2.22. The van der Waals surface area contributed by atoms with Gasteiger partial charge in [0.15, 0.2) is 0 Å². The third-order valence-electron chi connectivity index (χ3n) is 3.00. The molecule has 2 rings (SSSR count). The number of hydrogen-bond acceptors (Lipinski definition) is 3. The molecule has 1 aliphatic heterocycles. The van der Waals surface area contributed by atoms with E-state index in [0.29, 0.717) is 12.6 Å². The summed E-state index contributed by atoms with van der Waals surface area (Å²) in [6.45, 7) is 2.51. The van der Waals surface area contributed by atoms with Crippen LogP contribution in [0.2, 0.25) is 0 Å². The van der Waals surface area contributed by atoms with Crippen molar-refractivity contribution in [2.24, 2.45) is 0 Å². The first-order chi connectivity index (χ1) is 7.97. The van der Waals surface area contributed by atoms with E-state index in [1.165, 1.54) is 6.07 Å². The molecular weight excluding hydrogens is 285 g/mol. The lowest BCUT2D eigenvalue weighted by molar-refractivity contribution is -0.134. The quantitative estimate of drug-likeness (QED) is 0.923. The first-order valence-corrected chi connectivity index (χ1v) is 6.35. The van der Waals surface area contributed by atoms with Crippen molar-refractivity contribution in [3.63, 3.8) is 0 Å². The van der Waals surface area contributed by atoms with E-state index >= 15 is 0 Å². The zero-order chi connectivity index (χ0) is 12.5. The smallest absolute Gasteiger partial charge is 0.315 e. The summed E-state index contributed by atoms with van der Waals surface area (Å²) in [5, 5.41) is 3.25. The fourth-order valence-corrected chi connectivity index (χ4v) is 2.94. The average molecular weight is 301 g/mol. The summed E-state index contributed by atoms with van der Waals surface area (Å²) >= 11 is 0.840. The van der Waals surface area contributed by atoms with Crippen LogP contribution in [0.25, 0.3) is 0 Å². The Balaban J connectivity index is 0.00000162. The van der Waals surface area contributed by atoms with Crippen LogP contribution in [0.3, 0.4) is 0 Å². The molecule has 2 nitrogen and oxygen atoms in total. The summed E-state index contributed by atoms with van der Waals surface area (Å²) in [6.07, 6.45) is -3.15. The van der Waals surface area contributed by atoms with E-state index in [1.54, 1.807) is 6.07 Å². The van der Waals surface area contributed by atoms with Crippen LogP contribution in [0.5, 0.6) is 0 Å². The van der Waals surface area contributed by atoms with Gasteiger partial charge < -0.3 is 5.32 Å². The van der Waals surface area contributed by atoms with Gasteiger partial charge in [-0.25, -0.2) is 0 Å². The van der Waals surface area contributed by atoms with Gasteiger partial charge in [0.05, 0.1) is 0 Å². The van der Waals surface area contributed by atoms with Crippen LogP contribution in [0.15, 0.2) is 12.1 Å². The molecule has 0 spiro atoms. The predicted octanol–water partition coefficient (Wildman–Crippen LogP) is 2.98. The van der Waals surface area contributed by atoms with Crippen molar-refractivity contribution in [3.05, 3.63) is 21.9 Å². The second-order valence-corrected chi connectivity index (χ2v) is 5.49. The van der Waals surface area contributed by atoms with E-state index < -0.39 is 11.1 Å². The van der Waals surface area contributed by atoms with E-state index in [4.69, 9.17) is 0 Å². The van der Waals surface area contributed by atoms with E-state index in [9.17, 15) is 13.2 Å². The van der Waals surface area contributed by atoms with Crippen molar-refractivity contribution in [1.29, 1.82) is 0 Å². The average Bonchev–Trinajstić information content (AvgIpc) is 2.85. The van der Waals surface area contributed by atoms with E-state index in [2.05, 4.69) is 10.2 Å². The first-order valence-electron chi connectivity index (χ1n) is 5.53. The maximum atomic E-state index is 12.4. The molecular formula is C11H16ClF3N2S. The van der Waals surface area contributed by atoms with Crippen LogP contribution in [-0.4, -0.2) is 31.1 Å². The van der Waals surface area contributed by atoms with Gasteiger partial charge in [0.2, 0.25) is 0 Å². The molecule has 18 heavy (non-hydrogen) atoms. The van der Waals surface area contributed by atoms with Gasteiger partial charge in [-0.05, 0) is 32.1 Å². The molecule has 0 radical (unpaired) electrons. The summed E-state index contributed by atoms with van der Waals surface area (Å²) in [5.41, 5.74) is 0. The Bertz CT molecular complexity index is 375. The molecule has 1 aliphatic rings. The van der Waals surface area contributed by atoms with Crippen LogP contribution >= 0.6 is 23.7 Å². The molecule has 0 aromatic carbocycles. The Hall–Kier alpha value is -0.300. The van der Waals surface area contributed by atoms with Crippen molar-refractivity contribution < 1.29 is 13.2 Å². The van der Waals surface area contributed by atoms with E-state index in [0.717, 1.165) is 35.7 Å². The van der Waals surface area contributed by atoms with Crippen LogP contribution in [-0.2, 0) is 12.7 Å². The number of rotatable bonds is 3. The monoisotopic (exact) mass is 300 g/mol. The number of alkyl halides is 3. The highest BCUT2D eigenvalue weighted by atomic mass is 35.5. The topological polar surface area (TPSA) is 15.3 Å². The second kappa shape index (κ2) is 6.23. The second-order valence-electron chi connectivity index (χ2n) is 4.33. The standard InChI is InChI=1S/C11H15F3N2S.ClH/c1-16(8-4-5-15-6-8)7-9-2-3-10(17-9)11(12,13)14;/h2-3,8,15H,4-7H2,1H3;1H. The molecule has 0 aliphatic carbocycles. The summed E-state index contributed by atoms with van der Waals surface area (Å²) < 4.78 is 37.3. The molecule has 1 aromatic rings. The van der Waals surface area contributed by atoms with Crippen LogP contribution < -0.4 is 5.32 Å². The first kappa shape index (κ1) is 15.8. The van der Waals surface area contributed by atoms with Gasteiger partial charge in [-0.15, -0.1) is 23.7 Å². The normalized spacial score (nSPS) is 20.2. The SMILES string of the molecule is CN(Cc1ccc(C(F)(F)F)s1)C1CCNC1.Cl. The number of thiophene rings is 1. The molecule has 104 valence electrons. The molecule has 1 aromatic heterocycles. The van der Waals surface area contributed by atoms with Gasteiger partial charge in [-0.1, -0.05) is 0 Å². The third kappa shape index (κ3) is 3.85.